The van der Waals surface area contributed by atoms with E-state index in [1.54, 1.807) is 23.7 Å². The quantitative estimate of drug-likeness (QED) is 0.439. The van der Waals surface area contributed by atoms with Crippen LogP contribution < -0.4 is 16.1 Å². The minimum atomic E-state index is -0.666. The molecule has 1 N–H and O–H groups in total. The summed E-state index contributed by atoms with van der Waals surface area (Å²) < 4.78 is 15.9. The highest BCUT2D eigenvalue weighted by Gasteiger charge is 2.30. The van der Waals surface area contributed by atoms with Gasteiger partial charge in [-0.1, -0.05) is 6.92 Å². The van der Waals surface area contributed by atoms with Crippen LogP contribution in [-0.2, 0) is 6.54 Å². The predicted octanol–water partition coefficient (Wildman–Crippen LogP) is 2.50. The van der Waals surface area contributed by atoms with Crippen LogP contribution in [-0.4, -0.2) is 42.0 Å². The molecule has 174 valence electrons. The number of carbonyl (C=O) groups excluding carboxylic acids is 1. The van der Waals surface area contributed by atoms with Crippen molar-refractivity contribution in [2.75, 3.05) is 11.9 Å². The fourth-order valence-corrected chi connectivity index (χ4v) is 3.88. The first-order valence-electron chi connectivity index (χ1n) is 11.0. The average Bonchev–Trinajstić information content (AvgIpc) is 3.58. The molecule has 1 aliphatic rings. The summed E-state index contributed by atoms with van der Waals surface area (Å²) in [6, 6.07) is 5.78. The van der Waals surface area contributed by atoms with E-state index in [2.05, 4.69) is 19.9 Å². The van der Waals surface area contributed by atoms with Crippen molar-refractivity contribution in [2.24, 2.45) is 0 Å². The minimum absolute atomic E-state index is 0.0513. The Kier molecular flexibility index (Phi) is 5.31. The van der Waals surface area contributed by atoms with Crippen LogP contribution in [0.2, 0.25) is 0 Å². The van der Waals surface area contributed by atoms with Gasteiger partial charge in [0.2, 0.25) is 5.95 Å². The Morgan fingerprint density at radius 2 is 1.97 bits per heavy atom. The lowest BCUT2D eigenvalue weighted by Crippen LogP contribution is -2.39. The number of nitrogens with one attached hydrogen (secondary N) is 1. The Labute approximate surface area is 192 Å². The molecule has 4 aromatic rings. The molecule has 11 heteroatoms. The third-order valence-electron chi connectivity index (χ3n) is 5.81. The normalized spacial score (nSPS) is 13.4. The molecular formula is C23H22FN7O3. The van der Waals surface area contributed by atoms with Crippen LogP contribution in [0.3, 0.4) is 0 Å². The van der Waals surface area contributed by atoms with Gasteiger partial charge in [-0.3, -0.25) is 23.6 Å². The van der Waals surface area contributed by atoms with E-state index in [1.165, 1.54) is 27.9 Å². The minimum Gasteiger partial charge on any atom is -0.332 e. The average molecular weight is 463 g/mol. The zero-order valence-electron chi connectivity index (χ0n) is 18.7. The molecule has 0 aliphatic heterocycles. The number of aryl methyl sites for hydroxylation is 1. The standard InChI is InChI=1S/C23H22FN7O3/c1-3-10-30-20-18(22(33)31(23(30)34)15-6-7-15)27-19(28-20)13-5-9-17(26-11-13)29(2)21(32)14-4-8-16(24)25-12-14/h4-5,8-9,11-12,15H,3,6-7,10H2,1-2H3,(H,27,28). The van der Waals surface area contributed by atoms with Gasteiger partial charge in [0.1, 0.15) is 17.2 Å². The zero-order valence-corrected chi connectivity index (χ0v) is 18.7. The highest BCUT2D eigenvalue weighted by Crippen LogP contribution is 2.32. The van der Waals surface area contributed by atoms with E-state index in [0.717, 1.165) is 25.3 Å². The van der Waals surface area contributed by atoms with Crippen LogP contribution in [0.1, 0.15) is 42.6 Å². The predicted molar refractivity (Wildman–Crippen MR) is 123 cm³/mol. The Bertz CT molecular complexity index is 1500. The number of aromatic amines is 1. The molecule has 10 nitrogen and oxygen atoms in total. The number of fused-ring (bicyclic) bond motifs is 1. The van der Waals surface area contributed by atoms with Crippen LogP contribution in [0, 0.1) is 5.95 Å². The number of hydrogen-bond donors (Lipinski definition) is 1. The number of imidazole rings is 1. The molecule has 0 unspecified atom stereocenters. The molecule has 0 saturated heterocycles. The third-order valence-corrected chi connectivity index (χ3v) is 5.81. The van der Waals surface area contributed by atoms with Crippen LogP contribution in [0.15, 0.2) is 46.2 Å². The van der Waals surface area contributed by atoms with Gasteiger partial charge in [-0.05, 0) is 43.5 Å². The van der Waals surface area contributed by atoms with E-state index >= 15 is 0 Å². The summed E-state index contributed by atoms with van der Waals surface area (Å²) in [5.74, 6) is -0.282. The summed E-state index contributed by atoms with van der Waals surface area (Å²) in [5.41, 5.74) is 0.740. The molecule has 1 amide bonds. The Morgan fingerprint density at radius 3 is 2.59 bits per heavy atom. The second-order valence-electron chi connectivity index (χ2n) is 8.26. The smallest absolute Gasteiger partial charge is 0.332 e. The molecule has 1 aliphatic carbocycles. The van der Waals surface area contributed by atoms with E-state index in [4.69, 9.17) is 0 Å². The van der Waals surface area contributed by atoms with Gasteiger partial charge >= 0.3 is 5.69 Å². The van der Waals surface area contributed by atoms with Crippen molar-refractivity contribution in [3.63, 3.8) is 0 Å². The molecule has 0 spiro atoms. The fraction of sp³-hybridized carbons (Fsp3) is 0.304. The maximum Gasteiger partial charge on any atom is 0.333 e. The zero-order chi connectivity index (χ0) is 24.0. The van der Waals surface area contributed by atoms with Crippen LogP contribution in [0.4, 0.5) is 10.2 Å². The van der Waals surface area contributed by atoms with Gasteiger partial charge in [-0.25, -0.2) is 19.7 Å². The lowest BCUT2D eigenvalue weighted by atomic mass is 10.2. The summed E-state index contributed by atoms with van der Waals surface area (Å²) in [7, 11) is 1.55. The number of aromatic nitrogens is 6. The second-order valence-corrected chi connectivity index (χ2v) is 8.26. The van der Waals surface area contributed by atoms with Crippen LogP contribution in [0.25, 0.3) is 22.6 Å². The Balaban J connectivity index is 1.49. The van der Waals surface area contributed by atoms with Gasteiger partial charge in [0.15, 0.2) is 5.65 Å². The van der Waals surface area contributed by atoms with E-state index in [-0.39, 0.29) is 34.3 Å². The molecule has 4 heterocycles. The molecular weight excluding hydrogens is 441 g/mol. The van der Waals surface area contributed by atoms with Gasteiger partial charge in [0, 0.05) is 37.6 Å². The summed E-state index contributed by atoms with van der Waals surface area (Å²) >= 11 is 0. The Morgan fingerprint density at radius 1 is 1.18 bits per heavy atom. The van der Waals surface area contributed by atoms with Crippen molar-refractivity contribution in [3.05, 3.63) is 69.0 Å². The lowest BCUT2D eigenvalue weighted by molar-refractivity contribution is 0.0992. The van der Waals surface area contributed by atoms with Crippen molar-refractivity contribution in [1.29, 1.82) is 0 Å². The van der Waals surface area contributed by atoms with Crippen molar-refractivity contribution in [3.8, 4) is 11.4 Å². The SMILES string of the molecule is CCCn1c(=O)n(C2CC2)c(=O)c2[nH]c(-c3ccc(N(C)C(=O)c4ccc(F)nc4)nc3)nc21. The summed E-state index contributed by atoms with van der Waals surface area (Å²) in [6.45, 7) is 2.41. The first-order chi connectivity index (χ1) is 16.4. The number of amides is 1. The maximum absolute atomic E-state index is 13.0. The van der Waals surface area contributed by atoms with Crippen molar-refractivity contribution in [1.82, 2.24) is 29.1 Å². The lowest BCUT2D eigenvalue weighted by Gasteiger charge is -2.16. The number of nitrogens with zero attached hydrogens (tertiary/aromatic N) is 6. The molecule has 34 heavy (non-hydrogen) atoms. The molecule has 0 atom stereocenters. The summed E-state index contributed by atoms with van der Waals surface area (Å²) in [4.78, 5) is 55.3. The largest absolute Gasteiger partial charge is 0.333 e. The van der Waals surface area contributed by atoms with E-state index in [1.807, 2.05) is 6.92 Å². The van der Waals surface area contributed by atoms with Gasteiger partial charge < -0.3 is 4.98 Å². The molecule has 5 rings (SSSR count). The number of anilines is 1. The van der Waals surface area contributed by atoms with E-state index in [9.17, 15) is 18.8 Å². The molecule has 4 aromatic heterocycles. The first-order valence-corrected chi connectivity index (χ1v) is 11.0. The van der Waals surface area contributed by atoms with Crippen LogP contribution >= 0.6 is 0 Å². The highest BCUT2D eigenvalue weighted by atomic mass is 19.1. The first kappa shape index (κ1) is 21.7. The summed E-state index contributed by atoms with van der Waals surface area (Å²) in [6.07, 6.45) is 5.06. The number of carbonyl (C=O) groups is 1. The van der Waals surface area contributed by atoms with Crippen molar-refractivity contribution >= 4 is 22.9 Å². The van der Waals surface area contributed by atoms with Crippen LogP contribution in [0.5, 0.6) is 0 Å². The molecule has 0 radical (unpaired) electrons. The highest BCUT2D eigenvalue weighted by molar-refractivity contribution is 6.05. The Hall–Kier alpha value is -4.15. The molecule has 0 bridgehead atoms. The van der Waals surface area contributed by atoms with E-state index in [0.29, 0.717) is 29.4 Å². The maximum atomic E-state index is 13.0. The number of H-pyrrole nitrogens is 1. The fourth-order valence-electron chi connectivity index (χ4n) is 3.88. The van der Waals surface area contributed by atoms with E-state index < -0.39 is 5.95 Å². The monoisotopic (exact) mass is 463 g/mol. The molecule has 1 fully saturated rings. The summed E-state index contributed by atoms with van der Waals surface area (Å²) in [5, 5.41) is 0. The number of pyridine rings is 2. The van der Waals surface area contributed by atoms with Crippen molar-refractivity contribution < 1.29 is 9.18 Å². The molecule has 1 saturated carbocycles. The van der Waals surface area contributed by atoms with Gasteiger partial charge in [0.05, 0.1) is 5.56 Å². The second kappa shape index (κ2) is 8.32. The number of halogens is 1. The number of hydrogen-bond acceptors (Lipinski definition) is 6. The van der Waals surface area contributed by atoms with Gasteiger partial charge in [0.25, 0.3) is 11.5 Å². The third kappa shape index (κ3) is 3.68. The van der Waals surface area contributed by atoms with Gasteiger partial charge in [-0.15, -0.1) is 0 Å². The number of rotatable bonds is 6. The van der Waals surface area contributed by atoms with Crippen molar-refractivity contribution in [2.45, 2.75) is 38.8 Å². The molecule has 0 aromatic carbocycles. The topological polar surface area (TPSA) is 119 Å². The van der Waals surface area contributed by atoms with Gasteiger partial charge in [-0.2, -0.15) is 4.39 Å².